The average molecular weight is 443 g/mol. The standard InChI is InChI=1S/C27H29F3O2/c1-3-6-19-8-10-20(11-9-19)21-12-15-23(16-13-21)32-18-5-7-22-14-17-24(31-4-2)26(28)25(22)27(29)30/h8-17,27H,3-7,18H2,1-2H3. The van der Waals surface area contributed by atoms with Crippen molar-refractivity contribution < 1.29 is 22.6 Å². The predicted molar refractivity (Wildman–Crippen MR) is 122 cm³/mol. The normalized spacial score (nSPS) is 11.1. The molecule has 0 aliphatic rings. The summed E-state index contributed by atoms with van der Waals surface area (Å²) in [5.74, 6) is -0.398. The first-order chi connectivity index (χ1) is 15.5. The minimum atomic E-state index is -2.89. The van der Waals surface area contributed by atoms with E-state index in [1.165, 1.54) is 17.7 Å². The zero-order valence-electron chi connectivity index (χ0n) is 18.5. The van der Waals surface area contributed by atoms with E-state index in [1.807, 2.05) is 24.3 Å². The number of halogens is 3. The van der Waals surface area contributed by atoms with Crippen LogP contribution >= 0.6 is 0 Å². The lowest BCUT2D eigenvalue weighted by Crippen LogP contribution is -2.05. The van der Waals surface area contributed by atoms with Gasteiger partial charge < -0.3 is 9.47 Å². The van der Waals surface area contributed by atoms with Gasteiger partial charge in [-0.2, -0.15) is 0 Å². The van der Waals surface area contributed by atoms with Crippen LogP contribution in [-0.2, 0) is 12.8 Å². The Balaban J connectivity index is 1.55. The molecule has 3 rings (SSSR count). The number of benzene rings is 3. The quantitative estimate of drug-likeness (QED) is 0.282. The number of hydrogen-bond acceptors (Lipinski definition) is 2. The molecule has 0 saturated heterocycles. The lowest BCUT2D eigenvalue weighted by molar-refractivity contribution is 0.143. The van der Waals surface area contributed by atoms with Crippen LogP contribution in [0, 0.1) is 5.82 Å². The summed E-state index contributed by atoms with van der Waals surface area (Å²) in [6.07, 6.45) is 0.103. The van der Waals surface area contributed by atoms with E-state index < -0.39 is 17.8 Å². The van der Waals surface area contributed by atoms with Crippen LogP contribution in [-0.4, -0.2) is 13.2 Å². The summed E-state index contributed by atoms with van der Waals surface area (Å²) in [5, 5.41) is 0. The first kappa shape index (κ1) is 23.7. The van der Waals surface area contributed by atoms with Crippen molar-refractivity contribution in [2.45, 2.75) is 46.0 Å². The van der Waals surface area contributed by atoms with Gasteiger partial charge in [0.05, 0.1) is 18.8 Å². The number of aryl methyl sites for hydroxylation is 2. The van der Waals surface area contributed by atoms with E-state index in [-0.39, 0.29) is 17.9 Å². The monoisotopic (exact) mass is 442 g/mol. The van der Waals surface area contributed by atoms with E-state index in [0.29, 0.717) is 25.2 Å². The van der Waals surface area contributed by atoms with Gasteiger partial charge in [0.15, 0.2) is 11.6 Å². The van der Waals surface area contributed by atoms with Crippen LogP contribution in [0.15, 0.2) is 60.7 Å². The van der Waals surface area contributed by atoms with Gasteiger partial charge in [0.25, 0.3) is 6.43 Å². The van der Waals surface area contributed by atoms with E-state index in [2.05, 4.69) is 31.2 Å². The van der Waals surface area contributed by atoms with Gasteiger partial charge in [0, 0.05) is 0 Å². The molecular weight excluding hydrogens is 413 g/mol. The number of hydrogen-bond donors (Lipinski definition) is 0. The van der Waals surface area contributed by atoms with Crippen molar-refractivity contribution in [2.24, 2.45) is 0 Å². The largest absolute Gasteiger partial charge is 0.494 e. The van der Waals surface area contributed by atoms with Gasteiger partial charge in [0.2, 0.25) is 0 Å². The van der Waals surface area contributed by atoms with Gasteiger partial charge in [-0.05, 0) is 66.6 Å². The molecule has 0 aliphatic carbocycles. The van der Waals surface area contributed by atoms with Crippen molar-refractivity contribution in [1.82, 2.24) is 0 Å². The molecule has 0 N–H and O–H groups in total. The van der Waals surface area contributed by atoms with Gasteiger partial charge in [-0.15, -0.1) is 0 Å². The highest BCUT2D eigenvalue weighted by Gasteiger charge is 2.21. The molecule has 0 fully saturated rings. The lowest BCUT2D eigenvalue weighted by Gasteiger charge is -2.14. The van der Waals surface area contributed by atoms with Crippen LogP contribution < -0.4 is 9.47 Å². The fourth-order valence-electron chi connectivity index (χ4n) is 3.68. The van der Waals surface area contributed by atoms with E-state index in [1.54, 1.807) is 6.92 Å². The van der Waals surface area contributed by atoms with Gasteiger partial charge in [-0.25, -0.2) is 13.2 Å². The molecule has 32 heavy (non-hydrogen) atoms. The molecule has 0 spiro atoms. The van der Waals surface area contributed by atoms with Crippen molar-refractivity contribution in [3.8, 4) is 22.6 Å². The van der Waals surface area contributed by atoms with E-state index in [4.69, 9.17) is 9.47 Å². The van der Waals surface area contributed by atoms with E-state index in [0.717, 1.165) is 24.0 Å². The predicted octanol–water partition coefficient (Wildman–Crippen LogP) is 7.79. The molecule has 5 heteroatoms. The van der Waals surface area contributed by atoms with Gasteiger partial charge in [-0.3, -0.25) is 0 Å². The SMILES string of the molecule is CCCc1ccc(-c2ccc(OCCCc3ccc(OCC)c(F)c3C(F)F)cc2)cc1. The number of ether oxygens (including phenoxy) is 2. The van der Waals surface area contributed by atoms with Gasteiger partial charge in [-0.1, -0.05) is 55.8 Å². The van der Waals surface area contributed by atoms with E-state index in [9.17, 15) is 13.2 Å². The highest BCUT2D eigenvalue weighted by atomic mass is 19.3. The summed E-state index contributed by atoms with van der Waals surface area (Å²) in [7, 11) is 0. The summed E-state index contributed by atoms with van der Waals surface area (Å²) in [6.45, 7) is 4.42. The maximum Gasteiger partial charge on any atom is 0.267 e. The number of rotatable bonds is 11. The van der Waals surface area contributed by atoms with E-state index >= 15 is 0 Å². The Bertz CT molecular complexity index is 983. The Morgan fingerprint density at radius 3 is 2.03 bits per heavy atom. The minimum Gasteiger partial charge on any atom is -0.494 e. The molecule has 0 heterocycles. The maximum atomic E-state index is 14.3. The van der Waals surface area contributed by atoms with Crippen LogP contribution in [0.1, 0.15) is 49.8 Å². The molecule has 3 aromatic rings. The molecule has 0 aromatic heterocycles. The van der Waals surface area contributed by atoms with Crippen molar-refractivity contribution in [2.75, 3.05) is 13.2 Å². The molecule has 0 bridgehead atoms. The Hall–Kier alpha value is -2.95. The van der Waals surface area contributed by atoms with Crippen molar-refractivity contribution in [3.63, 3.8) is 0 Å². The zero-order chi connectivity index (χ0) is 22.9. The Morgan fingerprint density at radius 1 is 0.781 bits per heavy atom. The second-order valence-electron chi connectivity index (χ2n) is 7.61. The second kappa shape index (κ2) is 11.6. The summed E-state index contributed by atoms with van der Waals surface area (Å²) in [5.41, 5.74) is 3.29. The van der Waals surface area contributed by atoms with Crippen molar-refractivity contribution >= 4 is 0 Å². The summed E-state index contributed by atoms with van der Waals surface area (Å²) >= 11 is 0. The molecule has 0 atom stereocenters. The topological polar surface area (TPSA) is 18.5 Å². The molecule has 0 radical (unpaired) electrons. The van der Waals surface area contributed by atoms with Gasteiger partial charge in [0.1, 0.15) is 5.75 Å². The van der Waals surface area contributed by atoms with Crippen LogP contribution in [0.2, 0.25) is 0 Å². The summed E-state index contributed by atoms with van der Waals surface area (Å²) in [4.78, 5) is 0. The average Bonchev–Trinajstić information content (AvgIpc) is 2.79. The minimum absolute atomic E-state index is 0.136. The summed E-state index contributed by atoms with van der Waals surface area (Å²) < 4.78 is 52.0. The molecule has 3 aromatic carbocycles. The maximum absolute atomic E-state index is 14.3. The third kappa shape index (κ3) is 6.06. The first-order valence-electron chi connectivity index (χ1n) is 11.1. The lowest BCUT2D eigenvalue weighted by atomic mass is 10.0. The zero-order valence-corrected chi connectivity index (χ0v) is 18.5. The molecule has 0 amide bonds. The highest BCUT2D eigenvalue weighted by molar-refractivity contribution is 5.64. The van der Waals surface area contributed by atoms with Crippen LogP contribution in [0.4, 0.5) is 13.2 Å². The van der Waals surface area contributed by atoms with Crippen LogP contribution in [0.5, 0.6) is 11.5 Å². The smallest absolute Gasteiger partial charge is 0.267 e. The highest BCUT2D eigenvalue weighted by Crippen LogP contribution is 2.32. The first-order valence-corrected chi connectivity index (χ1v) is 11.1. The molecule has 0 saturated carbocycles. The molecule has 0 unspecified atom stereocenters. The number of alkyl halides is 2. The molecule has 0 aliphatic heterocycles. The Morgan fingerprint density at radius 2 is 1.44 bits per heavy atom. The van der Waals surface area contributed by atoms with Crippen LogP contribution in [0.25, 0.3) is 11.1 Å². The third-order valence-electron chi connectivity index (χ3n) is 5.29. The molecular formula is C27H29F3O2. The molecule has 170 valence electrons. The van der Waals surface area contributed by atoms with Crippen LogP contribution in [0.3, 0.4) is 0 Å². The van der Waals surface area contributed by atoms with Crippen molar-refractivity contribution in [3.05, 3.63) is 83.2 Å². The second-order valence-corrected chi connectivity index (χ2v) is 7.61. The molecule has 2 nitrogen and oxygen atoms in total. The van der Waals surface area contributed by atoms with Gasteiger partial charge >= 0.3 is 0 Å². The van der Waals surface area contributed by atoms with Crippen molar-refractivity contribution in [1.29, 1.82) is 0 Å². The fourth-order valence-corrected chi connectivity index (χ4v) is 3.68. The Kier molecular flexibility index (Phi) is 8.60. The third-order valence-corrected chi connectivity index (χ3v) is 5.29. The summed E-state index contributed by atoms with van der Waals surface area (Å²) in [6, 6.07) is 19.3. The Labute approximate surface area is 188 Å². The fraction of sp³-hybridized carbons (Fsp3) is 0.333.